The zero-order valence-electron chi connectivity index (χ0n) is 26.0. The van der Waals surface area contributed by atoms with Crippen LogP contribution < -0.4 is 0 Å². The van der Waals surface area contributed by atoms with Gasteiger partial charge in [-0.25, -0.2) is 0 Å². The van der Waals surface area contributed by atoms with Gasteiger partial charge in [-0.15, -0.1) is 0 Å². The van der Waals surface area contributed by atoms with Crippen LogP contribution in [0.3, 0.4) is 0 Å². The largest absolute Gasteiger partial charge is 0.463 e. The summed E-state index contributed by atoms with van der Waals surface area (Å²) < 4.78 is 60.6. The fourth-order valence-electron chi connectivity index (χ4n) is 4.66. The van der Waals surface area contributed by atoms with E-state index in [1.165, 1.54) is 7.11 Å². The maximum atomic E-state index is 12.2. The number of rotatable bonds is 12. The van der Waals surface area contributed by atoms with Crippen molar-refractivity contribution >= 4 is 41.8 Å². The molecule has 2 saturated heterocycles. The molecule has 2 aliphatic rings. The second kappa shape index (κ2) is 17.0. The molecule has 254 valence electrons. The van der Waals surface area contributed by atoms with Crippen LogP contribution in [0.1, 0.15) is 48.5 Å². The van der Waals surface area contributed by atoms with Crippen molar-refractivity contribution in [2.75, 3.05) is 20.3 Å². The van der Waals surface area contributed by atoms with Crippen LogP contribution in [-0.2, 0) is 85.7 Å². The van der Waals surface area contributed by atoms with E-state index in [1.807, 2.05) is 0 Å². The third-order valence-corrected chi connectivity index (χ3v) is 6.12. The minimum absolute atomic E-state index is 0.474. The second-order valence-corrected chi connectivity index (χ2v) is 9.90. The van der Waals surface area contributed by atoms with Crippen molar-refractivity contribution in [1.82, 2.24) is 0 Å². The van der Waals surface area contributed by atoms with Crippen molar-refractivity contribution in [1.29, 1.82) is 0 Å². The first-order valence-corrected chi connectivity index (χ1v) is 13.7. The van der Waals surface area contributed by atoms with Gasteiger partial charge in [-0.05, 0) is 0 Å². The van der Waals surface area contributed by atoms with Crippen molar-refractivity contribution in [3.8, 4) is 0 Å². The molecule has 45 heavy (non-hydrogen) atoms. The second-order valence-electron chi connectivity index (χ2n) is 9.90. The number of methoxy groups -OCH3 is 1. The lowest BCUT2D eigenvalue weighted by Gasteiger charge is -2.48. The van der Waals surface area contributed by atoms with E-state index >= 15 is 0 Å². The van der Waals surface area contributed by atoms with Crippen LogP contribution in [-0.4, -0.2) is 124 Å². The maximum Gasteiger partial charge on any atom is 0.303 e. The van der Waals surface area contributed by atoms with Gasteiger partial charge in [0.2, 0.25) is 0 Å². The van der Waals surface area contributed by atoms with Crippen LogP contribution in [0.2, 0.25) is 0 Å². The molecule has 0 saturated carbocycles. The van der Waals surface area contributed by atoms with Gasteiger partial charge in [0.15, 0.2) is 43.1 Å². The fourth-order valence-corrected chi connectivity index (χ4v) is 4.66. The SMILES string of the molecule is CO[C@H]1O[C@H](COC(C)=O)[C@@H](OC(C)=O)[C@H](O[C@@H]2O[C@@H](COC(C)=O)[C@H](OC(C)=O)[C@@H](OC(C)=O)[C@H]2OC(C)=O)[C@H]1OC(C)=O. The number of hydrogen-bond donors (Lipinski definition) is 0. The van der Waals surface area contributed by atoms with Crippen LogP contribution in [0.15, 0.2) is 0 Å². The average molecular weight is 651 g/mol. The Balaban J connectivity index is 2.70. The molecule has 2 fully saturated rings. The quantitative estimate of drug-likeness (QED) is 0.187. The maximum absolute atomic E-state index is 12.2. The Bertz CT molecular complexity index is 1110. The summed E-state index contributed by atoms with van der Waals surface area (Å²) in [5.41, 5.74) is 0. The van der Waals surface area contributed by atoms with Gasteiger partial charge in [0, 0.05) is 55.6 Å². The minimum atomic E-state index is -1.77. The molecular formula is C27H38O18. The molecule has 2 rings (SSSR count). The molecule has 0 unspecified atom stereocenters. The summed E-state index contributed by atoms with van der Waals surface area (Å²) in [7, 11) is 1.21. The summed E-state index contributed by atoms with van der Waals surface area (Å²) in [6.45, 7) is 6.47. The van der Waals surface area contributed by atoms with Gasteiger partial charge < -0.3 is 52.1 Å². The summed E-state index contributed by atoms with van der Waals surface area (Å²) in [5, 5.41) is 0. The Labute approximate surface area is 258 Å². The molecule has 0 aromatic rings. The Kier molecular flexibility index (Phi) is 14.1. The molecule has 0 aromatic heterocycles. The van der Waals surface area contributed by atoms with Gasteiger partial charge in [-0.3, -0.25) is 33.6 Å². The highest BCUT2D eigenvalue weighted by Gasteiger charge is 2.57. The molecule has 0 amide bonds. The minimum Gasteiger partial charge on any atom is -0.463 e. The monoisotopic (exact) mass is 650 g/mol. The molecule has 0 aliphatic carbocycles. The lowest BCUT2D eigenvalue weighted by molar-refractivity contribution is -0.360. The summed E-state index contributed by atoms with van der Waals surface area (Å²) in [5.74, 6) is -5.76. The predicted molar refractivity (Wildman–Crippen MR) is 140 cm³/mol. The van der Waals surface area contributed by atoms with Crippen LogP contribution >= 0.6 is 0 Å². The third-order valence-electron chi connectivity index (χ3n) is 6.12. The highest BCUT2D eigenvalue weighted by atomic mass is 16.8. The van der Waals surface area contributed by atoms with E-state index < -0.39 is 116 Å². The zero-order valence-corrected chi connectivity index (χ0v) is 26.0. The molecule has 0 aromatic carbocycles. The average Bonchev–Trinajstić information content (AvgIpc) is 2.90. The molecule has 2 aliphatic heterocycles. The summed E-state index contributed by atoms with van der Waals surface area (Å²) in [4.78, 5) is 84.1. The van der Waals surface area contributed by atoms with Crippen molar-refractivity contribution in [2.24, 2.45) is 0 Å². The molecule has 18 nitrogen and oxygen atoms in total. The predicted octanol–water partition coefficient (Wildman–Crippen LogP) is -0.747. The molecule has 0 spiro atoms. The first-order valence-electron chi connectivity index (χ1n) is 13.7. The number of hydrogen-bond acceptors (Lipinski definition) is 18. The topological polar surface area (TPSA) is 221 Å². The van der Waals surface area contributed by atoms with Crippen LogP contribution in [0, 0.1) is 0 Å². The van der Waals surface area contributed by atoms with Crippen molar-refractivity contribution in [3.05, 3.63) is 0 Å². The van der Waals surface area contributed by atoms with Gasteiger partial charge in [-0.1, -0.05) is 0 Å². The highest BCUT2D eigenvalue weighted by Crippen LogP contribution is 2.35. The number of ether oxygens (including phenoxy) is 11. The summed E-state index contributed by atoms with van der Waals surface area (Å²) in [6.07, 6.45) is -15.1. The van der Waals surface area contributed by atoms with Crippen LogP contribution in [0.4, 0.5) is 0 Å². The van der Waals surface area contributed by atoms with Gasteiger partial charge in [0.1, 0.15) is 31.5 Å². The molecule has 18 heteroatoms. The van der Waals surface area contributed by atoms with Gasteiger partial charge in [0.25, 0.3) is 0 Å². The van der Waals surface area contributed by atoms with Crippen molar-refractivity contribution in [3.63, 3.8) is 0 Å². The first kappa shape index (κ1) is 37.3. The molecule has 0 bridgehead atoms. The van der Waals surface area contributed by atoms with Crippen molar-refractivity contribution in [2.45, 2.75) is 110 Å². The molecule has 0 radical (unpaired) electrons. The van der Waals surface area contributed by atoms with Gasteiger partial charge in [-0.2, -0.15) is 0 Å². The number of carbonyl (C=O) groups excluding carboxylic acids is 7. The number of esters is 7. The Hall–Kier alpha value is -3.87. The van der Waals surface area contributed by atoms with Crippen LogP contribution in [0.25, 0.3) is 0 Å². The van der Waals surface area contributed by atoms with E-state index in [0.29, 0.717) is 0 Å². The lowest BCUT2D eigenvalue weighted by atomic mass is 9.96. The van der Waals surface area contributed by atoms with E-state index in [0.717, 1.165) is 48.5 Å². The molecular weight excluding hydrogens is 612 g/mol. The van der Waals surface area contributed by atoms with E-state index in [4.69, 9.17) is 52.1 Å². The van der Waals surface area contributed by atoms with Crippen LogP contribution in [0.5, 0.6) is 0 Å². The Morgan fingerprint density at radius 1 is 0.444 bits per heavy atom. The van der Waals surface area contributed by atoms with Gasteiger partial charge >= 0.3 is 41.8 Å². The summed E-state index contributed by atoms with van der Waals surface area (Å²) >= 11 is 0. The fraction of sp³-hybridized carbons (Fsp3) is 0.741. The van der Waals surface area contributed by atoms with E-state index in [9.17, 15) is 33.6 Å². The van der Waals surface area contributed by atoms with Gasteiger partial charge in [0.05, 0.1) is 0 Å². The smallest absolute Gasteiger partial charge is 0.303 e. The normalized spacial score (nSPS) is 31.0. The highest BCUT2D eigenvalue weighted by molar-refractivity contribution is 5.69. The lowest BCUT2D eigenvalue weighted by Crippen LogP contribution is -2.67. The van der Waals surface area contributed by atoms with E-state index in [1.54, 1.807) is 0 Å². The zero-order chi connectivity index (χ0) is 34.0. The Morgan fingerprint density at radius 2 is 0.778 bits per heavy atom. The van der Waals surface area contributed by atoms with E-state index in [-0.39, 0.29) is 0 Å². The Morgan fingerprint density at radius 3 is 1.16 bits per heavy atom. The molecule has 0 N–H and O–H groups in total. The summed E-state index contributed by atoms with van der Waals surface area (Å²) in [6, 6.07) is 0. The van der Waals surface area contributed by atoms with Crippen molar-refractivity contribution < 1.29 is 85.7 Å². The standard InChI is InChI=1S/C27H38O18/c1-11(28)36-9-18-21(39-14(4)31)23(24(41-16(6)33)26(35-8)43-18)45-27-25(42-17(7)34)22(40-15(5)32)20(38-13(3)30)19(44-27)10-37-12(2)29/h18-27H,9-10H2,1-8H3/t18-,19+,20+,21-,22-,23+,24-,25-,26+,27+/m1/s1. The molecule has 10 atom stereocenters. The number of carbonyl (C=O) groups is 7. The molecule has 2 heterocycles. The third kappa shape index (κ3) is 11.2. The van der Waals surface area contributed by atoms with E-state index in [2.05, 4.69) is 0 Å². The first-order chi connectivity index (χ1) is 21.0.